The number of anilines is 1. The van der Waals surface area contributed by atoms with Gasteiger partial charge in [-0.25, -0.2) is 8.78 Å². The van der Waals surface area contributed by atoms with Crippen LogP contribution in [-0.2, 0) is 6.42 Å². The molecule has 2 aromatic carbocycles. The molecule has 4 heteroatoms. The molecule has 1 N–H and O–H groups in total. The minimum atomic E-state index is -0.821. The summed E-state index contributed by atoms with van der Waals surface area (Å²) in [5.41, 5.74) is 2.34. The van der Waals surface area contributed by atoms with Crippen LogP contribution in [0.4, 0.5) is 14.5 Å². The van der Waals surface area contributed by atoms with E-state index in [4.69, 9.17) is 4.74 Å². The molecule has 0 radical (unpaired) electrons. The van der Waals surface area contributed by atoms with E-state index in [1.165, 1.54) is 6.07 Å². The quantitative estimate of drug-likeness (QED) is 0.911. The summed E-state index contributed by atoms with van der Waals surface area (Å²) in [5.74, 6) is -0.712. The van der Waals surface area contributed by atoms with Gasteiger partial charge in [-0.3, -0.25) is 0 Å². The van der Waals surface area contributed by atoms with Crippen molar-refractivity contribution in [2.24, 2.45) is 0 Å². The van der Waals surface area contributed by atoms with Crippen LogP contribution in [0.25, 0.3) is 0 Å². The average molecular weight is 275 g/mol. The van der Waals surface area contributed by atoms with Crippen molar-refractivity contribution in [3.8, 4) is 5.75 Å². The van der Waals surface area contributed by atoms with E-state index in [1.807, 2.05) is 25.1 Å². The highest BCUT2D eigenvalue weighted by Crippen LogP contribution is 2.30. The second-order valence-corrected chi connectivity index (χ2v) is 4.93. The van der Waals surface area contributed by atoms with Crippen molar-refractivity contribution < 1.29 is 13.5 Å². The molecule has 104 valence electrons. The van der Waals surface area contributed by atoms with Crippen LogP contribution in [0.15, 0.2) is 36.4 Å². The molecule has 1 heterocycles. The van der Waals surface area contributed by atoms with Crippen LogP contribution >= 0.6 is 0 Å². The van der Waals surface area contributed by atoms with Gasteiger partial charge in [-0.2, -0.15) is 0 Å². The molecule has 0 amide bonds. The first kappa shape index (κ1) is 12.9. The van der Waals surface area contributed by atoms with Crippen LogP contribution in [0.1, 0.15) is 24.1 Å². The van der Waals surface area contributed by atoms with Crippen LogP contribution in [0.3, 0.4) is 0 Å². The SMILES string of the molecule is CC(Nc1ccc2c(c1)CCO2)c1cccc(F)c1F. The molecule has 0 aliphatic carbocycles. The van der Waals surface area contributed by atoms with E-state index in [0.29, 0.717) is 12.2 Å². The lowest BCUT2D eigenvalue weighted by Crippen LogP contribution is -2.09. The zero-order chi connectivity index (χ0) is 14.1. The molecule has 0 bridgehead atoms. The van der Waals surface area contributed by atoms with Gasteiger partial charge in [-0.1, -0.05) is 12.1 Å². The predicted octanol–water partition coefficient (Wildman–Crippen LogP) is 4.07. The van der Waals surface area contributed by atoms with Gasteiger partial charge in [0.2, 0.25) is 0 Å². The van der Waals surface area contributed by atoms with E-state index >= 15 is 0 Å². The monoisotopic (exact) mass is 275 g/mol. The summed E-state index contributed by atoms with van der Waals surface area (Å²) in [4.78, 5) is 0. The van der Waals surface area contributed by atoms with Gasteiger partial charge in [0.25, 0.3) is 0 Å². The van der Waals surface area contributed by atoms with Crippen molar-refractivity contribution in [3.63, 3.8) is 0 Å². The third kappa shape index (κ3) is 2.33. The van der Waals surface area contributed by atoms with Crippen molar-refractivity contribution in [2.45, 2.75) is 19.4 Å². The summed E-state index contributed by atoms with van der Waals surface area (Å²) in [6.07, 6.45) is 0.883. The Hall–Kier alpha value is -2.10. The lowest BCUT2D eigenvalue weighted by atomic mass is 10.1. The van der Waals surface area contributed by atoms with Crippen LogP contribution in [0.5, 0.6) is 5.75 Å². The zero-order valence-corrected chi connectivity index (χ0v) is 11.1. The van der Waals surface area contributed by atoms with E-state index in [-0.39, 0.29) is 6.04 Å². The van der Waals surface area contributed by atoms with Gasteiger partial charge in [0.05, 0.1) is 12.6 Å². The number of rotatable bonds is 3. The predicted molar refractivity (Wildman–Crippen MR) is 74.0 cm³/mol. The first-order valence-corrected chi connectivity index (χ1v) is 6.61. The second-order valence-electron chi connectivity index (χ2n) is 4.93. The Labute approximate surface area is 116 Å². The average Bonchev–Trinajstić information content (AvgIpc) is 2.89. The van der Waals surface area contributed by atoms with Crippen LogP contribution < -0.4 is 10.1 Å². The van der Waals surface area contributed by atoms with E-state index in [2.05, 4.69) is 5.32 Å². The van der Waals surface area contributed by atoms with E-state index in [1.54, 1.807) is 6.07 Å². The molecule has 2 nitrogen and oxygen atoms in total. The molecule has 1 unspecified atom stereocenters. The summed E-state index contributed by atoms with van der Waals surface area (Å²) in [6.45, 7) is 2.51. The Morgan fingerprint density at radius 1 is 1.20 bits per heavy atom. The van der Waals surface area contributed by atoms with Crippen molar-refractivity contribution in [1.29, 1.82) is 0 Å². The minimum Gasteiger partial charge on any atom is -0.493 e. The lowest BCUT2D eigenvalue weighted by molar-refractivity contribution is 0.357. The summed E-state index contributed by atoms with van der Waals surface area (Å²) < 4.78 is 32.4. The number of benzene rings is 2. The maximum absolute atomic E-state index is 13.7. The van der Waals surface area contributed by atoms with Gasteiger partial charge in [-0.15, -0.1) is 0 Å². The van der Waals surface area contributed by atoms with Gasteiger partial charge in [-0.05, 0) is 36.8 Å². The number of hydrogen-bond acceptors (Lipinski definition) is 2. The lowest BCUT2D eigenvalue weighted by Gasteiger charge is -2.17. The minimum absolute atomic E-state index is 0.314. The Morgan fingerprint density at radius 2 is 2.05 bits per heavy atom. The molecule has 0 fully saturated rings. The normalized spacial score (nSPS) is 14.6. The van der Waals surface area contributed by atoms with Gasteiger partial charge < -0.3 is 10.1 Å². The van der Waals surface area contributed by atoms with Crippen molar-refractivity contribution in [3.05, 3.63) is 59.2 Å². The molecule has 1 aliphatic rings. The number of fused-ring (bicyclic) bond motifs is 1. The molecule has 0 saturated heterocycles. The van der Waals surface area contributed by atoms with Crippen molar-refractivity contribution >= 4 is 5.69 Å². The smallest absolute Gasteiger partial charge is 0.164 e. The highest BCUT2D eigenvalue weighted by Gasteiger charge is 2.16. The fourth-order valence-corrected chi connectivity index (χ4v) is 2.46. The second kappa shape index (κ2) is 5.12. The Balaban J connectivity index is 1.82. The van der Waals surface area contributed by atoms with Crippen molar-refractivity contribution in [2.75, 3.05) is 11.9 Å². The van der Waals surface area contributed by atoms with Gasteiger partial charge in [0.15, 0.2) is 11.6 Å². The number of hydrogen-bond donors (Lipinski definition) is 1. The third-order valence-electron chi connectivity index (χ3n) is 3.52. The van der Waals surface area contributed by atoms with Gasteiger partial charge in [0, 0.05) is 17.7 Å². The maximum Gasteiger partial charge on any atom is 0.164 e. The Morgan fingerprint density at radius 3 is 2.90 bits per heavy atom. The summed E-state index contributed by atoms with van der Waals surface area (Å²) in [5, 5.41) is 3.19. The fourth-order valence-electron chi connectivity index (χ4n) is 2.46. The first-order valence-electron chi connectivity index (χ1n) is 6.61. The van der Waals surface area contributed by atoms with E-state index < -0.39 is 11.6 Å². The molecule has 2 aromatic rings. The number of halogens is 2. The topological polar surface area (TPSA) is 21.3 Å². The highest BCUT2D eigenvalue weighted by molar-refractivity contribution is 5.53. The molecule has 0 saturated carbocycles. The summed E-state index contributed by atoms with van der Waals surface area (Å²) in [6, 6.07) is 9.70. The Bertz CT molecular complexity index is 642. The first-order chi connectivity index (χ1) is 9.65. The van der Waals surface area contributed by atoms with Gasteiger partial charge in [0.1, 0.15) is 5.75 Å². The molecule has 1 aliphatic heterocycles. The molecular weight excluding hydrogens is 260 g/mol. The fraction of sp³-hybridized carbons (Fsp3) is 0.250. The zero-order valence-electron chi connectivity index (χ0n) is 11.1. The Kier molecular flexibility index (Phi) is 3.30. The highest BCUT2D eigenvalue weighted by atomic mass is 19.2. The van der Waals surface area contributed by atoms with E-state index in [0.717, 1.165) is 29.5 Å². The van der Waals surface area contributed by atoms with Crippen LogP contribution in [0, 0.1) is 11.6 Å². The molecule has 1 atom stereocenters. The number of nitrogens with one attached hydrogen (secondary N) is 1. The molecule has 0 spiro atoms. The maximum atomic E-state index is 13.7. The van der Waals surface area contributed by atoms with Gasteiger partial charge >= 0.3 is 0 Å². The number of ether oxygens (including phenoxy) is 1. The van der Waals surface area contributed by atoms with Crippen molar-refractivity contribution in [1.82, 2.24) is 0 Å². The standard InChI is InChI=1S/C16H15F2NO/c1-10(13-3-2-4-14(17)16(13)18)19-12-5-6-15-11(9-12)7-8-20-15/h2-6,9-10,19H,7-8H2,1H3. The summed E-state index contributed by atoms with van der Waals surface area (Å²) >= 11 is 0. The molecular formula is C16H15F2NO. The molecule has 0 aromatic heterocycles. The summed E-state index contributed by atoms with van der Waals surface area (Å²) in [7, 11) is 0. The van der Waals surface area contributed by atoms with Crippen LogP contribution in [-0.4, -0.2) is 6.61 Å². The third-order valence-corrected chi connectivity index (χ3v) is 3.52. The largest absolute Gasteiger partial charge is 0.493 e. The van der Waals surface area contributed by atoms with E-state index in [9.17, 15) is 8.78 Å². The van der Waals surface area contributed by atoms with Crippen LogP contribution in [0.2, 0.25) is 0 Å². The molecule has 3 rings (SSSR count). The molecule has 20 heavy (non-hydrogen) atoms.